The van der Waals surface area contributed by atoms with E-state index >= 15 is 0 Å². The Morgan fingerprint density at radius 3 is 2.53 bits per heavy atom. The first-order chi connectivity index (χ1) is 7.22. The second kappa shape index (κ2) is 6.59. The lowest BCUT2D eigenvalue weighted by Crippen LogP contribution is -2.26. The molecule has 0 saturated heterocycles. The Labute approximate surface area is 92.6 Å². The van der Waals surface area contributed by atoms with Gasteiger partial charge in [0.15, 0.2) is 0 Å². The fourth-order valence-corrected chi connectivity index (χ4v) is 1.39. The van der Waals surface area contributed by atoms with Crippen molar-refractivity contribution in [2.45, 2.75) is 32.9 Å². The fraction of sp³-hybridized carbons (Fsp3) is 0.538. The zero-order valence-electron chi connectivity index (χ0n) is 9.92. The maximum absolute atomic E-state index is 5.04. The van der Waals surface area contributed by atoms with Crippen molar-refractivity contribution in [2.75, 3.05) is 13.7 Å². The topological polar surface area (TPSA) is 21.3 Å². The lowest BCUT2D eigenvalue weighted by atomic mass is 10.1. The number of hydrogen-bond acceptors (Lipinski definition) is 2. The summed E-state index contributed by atoms with van der Waals surface area (Å²) in [4.78, 5) is 0. The highest BCUT2D eigenvalue weighted by Gasteiger charge is 2.00. The van der Waals surface area contributed by atoms with Crippen LogP contribution in [0.15, 0.2) is 24.3 Å². The number of benzene rings is 1. The number of aryl methyl sites for hydroxylation is 1. The van der Waals surface area contributed by atoms with Gasteiger partial charge in [-0.15, -0.1) is 0 Å². The number of rotatable bonds is 6. The third kappa shape index (κ3) is 4.96. The van der Waals surface area contributed by atoms with Gasteiger partial charge in [0.05, 0.1) is 0 Å². The van der Waals surface area contributed by atoms with Gasteiger partial charge in [-0.1, -0.05) is 29.8 Å². The van der Waals surface area contributed by atoms with Crippen molar-refractivity contribution >= 4 is 0 Å². The van der Waals surface area contributed by atoms with Gasteiger partial charge in [-0.2, -0.15) is 0 Å². The molecule has 1 N–H and O–H groups in total. The quantitative estimate of drug-likeness (QED) is 0.774. The minimum absolute atomic E-state index is 0.506. The van der Waals surface area contributed by atoms with E-state index in [0.717, 1.165) is 19.6 Å². The zero-order chi connectivity index (χ0) is 11.1. The number of methoxy groups -OCH3 is 1. The molecule has 1 unspecified atom stereocenters. The molecule has 0 fully saturated rings. The standard InChI is InChI=1S/C13H21NO/c1-11-4-6-13(7-5-11)10-14-12(2)8-9-15-3/h4-7,12,14H,8-10H2,1-3H3. The second-order valence-corrected chi connectivity index (χ2v) is 4.05. The average molecular weight is 207 g/mol. The summed E-state index contributed by atoms with van der Waals surface area (Å²) in [6.07, 6.45) is 1.06. The van der Waals surface area contributed by atoms with Gasteiger partial charge in [0.25, 0.3) is 0 Å². The molecule has 1 atom stereocenters. The van der Waals surface area contributed by atoms with Gasteiger partial charge in [0.2, 0.25) is 0 Å². The minimum atomic E-state index is 0.506. The van der Waals surface area contributed by atoms with E-state index in [1.54, 1.807) is 7.11 Å². The van der Waals surface area contributed by atoms with Crippen LogP contribution < -0.4 is 5.32 Å². The van der Waals surface area contributed by atoms with Gasteiger partial charge in [-0.05, 0) is 25.8 Å². The fourth-order valence-electron chi connectivity index (χ4n) is 1.39. The van der Waals surface area contributed by atoms with Crippen LogP contribution in [-0.4, -0.2) is 19.8 Å². The maximum atomic E-state index is 5.04. The molecule has 84 valence electrons. The summed E-state index contributed by atoms with van der Waals surface area (Å²) in [6.45, 7) is 6.05. The first kappa shape index (κ1) is 12.2. The van der Waals surface area contributed by atoms with E-state index in [0.29, 0.717) is 6.04 Å². The number of nitrogens with one attached hydrogen (secondary N) is 1. The predicted octanol–water partition coefficient (Wildman–Crippen LogP) is 2.51. The van der Waals surface area contributed by atoms with Crippen LogP contribution in [0.5, 0.6) is 0 Å². The molecule has 0 bridgehead atoms. The van der Waals surface area contributed by atoms with Crippen LogP contribution in [0.25, 0.3) is 0 Å². The highest BCUT2D eigenvalue weighted by atomic mass is 16.5. The monoisotopic (exact) mass is 207 g/mol. The Morgan fingerprint density at radius 1 is 1.27 bits per heavy atom. The highest BCUT2D eigenvalue weighted by Crippen LogP contribution is 2.03. The van der Waals surface area contributed by atoms with Gasteiger partial charge < -0.3 is 10.1 Å². The summed E-state index contributed by atoms with van der Waals surface area (Å²) in [7, 11) is 1.74. The first-order valence-corrected chi connectivity index (χ1v) is 5.50. The number of ether oxygens (including phenoxy) is 1. The molecule has 0 amide bonds. The maximum Gasteiger partial charge on any atom is 0.0476 e. The predicted molar refractivity (Wildman–Crippen MR) is 64.0 cm³/mol. The van der Waals surface area contributed by atoms with Crippen molar-refractivity contribution in [3.8, 4) is 0 Å². The molecule has 0 heterocycles. The Morgan fingerprint density at radius 2 is 1.93 bits per heavy atom. The van der Waals surface area contributed by atoms with E-state index in [9.17, 15) is 0 Å². The van der Waals surface area contributed by atoms with E-state index in [1.165, 1.54) is 11.1 Å². The molecule has 1 aromatic carbocycles. The zero-order valence-corrected chi connectivity index (χ0v) is 9.92. The molecule has 15 heavy (non-hydrogen) atoms. The summed E-state index contributed by atoms with van der Waals surface area (Å²) in [5, 5.41) is 3.47. The molecule has 1 aromatic rings. The van der Waals surface area contributed by atoms with E-state index in [2.05, 4.69) is 43.4 Å². The summed E-state index contributed by atoms with van der Waals surface area (Å²) in [5.74, 6) is 0. The third-order valence-electron chi connectivity index (χ3n) is 2.53. The second-order valence-electron chi connectivity index (χ2n) is 4.05. The van der Waals surface area contributed by atoms with Crippen molar-refractivity contribution in [3.63, 3.8) is 0 Å². The smallest absolute Gasteiger partial charge is 0.0476 e. The van der Waals surface area contributed by atoms with Crippen LogP contribution in [0.1, 0.15) is 24.5 Å². The molecule has 2 nitrogen and oxygen atoms in total. The molecular formula is C13H21NO. The van der Waals surface area contributed by atoms with Gasteiger partial charge >= 0.3 is 0 Å². The van der Waals surface area contributed by atoms with Crippen LogP contribution in [0.2, 0.25) is 0 Å². The summed E-state index contributed by atoms with van der Waals surface area (Å²) in [6, 6.07) is 9.15. The molecule has 0 radical (unpaired) electrons. The van der Waals surface area contributed by atoms with Crippen molar-refractivity contribution < 1.29 is 4.74 Å². The molecule has 0 aromatic heterocycles. The van der Waals surface area contributed by atoms with Crippen molar-refractivity contribution in [1.82, 2.24) is 5.32 Å². The van der Waals surface area contributed by atoms with Gasteiger partial charge in [0.1, 0.15) is 0 Å². The molecule has 2 heteroatoms. The average Bonchev–Trinajstić information content (AvgIpc) is 2.25. The van der Waals surface area contributed by atoms with Crippen LogP contribution in [0.4, 0.5) is 0 Å². The molecule has 0 aliphatic rings. The first-order valence-electron chi connectivity index (χ1n) is 5.50. The van der Waals surface area contributed by atoms with Crippen molar-refractivity contribution in [1.29, 1.82) is 0 Å². The Kier molecular flexibility index (Phi) is 5.37. The van der Waals surface area contributed by atoms with Crippen molar-refractivity contribution in [2.24, 2.45) is 0 Å². The largest absolute Gasteiger partial charge is 0.385 e. The van der Waals surface area contributed by atoms with Crippen molar-refractivity contribution in [3.05, 3.63) is 35.4 Å². The lowest BCUT2D eigenvalue weighted by Gasteiger charge is -2.13. The normalized spacial score (nSPS) is 12.7. The summed E-state index contributed by atoms with van der Waals surface area (Å²) >= 11 is 0. The molecule has 0 aliphatic heterocycles. The lowest BCUT2D eigenvalue weighted by molar-refractivity contribution is 0.184. The van der Waals surface area contributed by atoms with Crippen LogP contribution in [0, 0.1) is 6.92 Å². The van der Waals surface area contributed by atoms with Crippen LogP contribution in [-0.2, 0) is 11.3 Å². The molecule has 0 spiro atoms. The van der Waals surface area contributed by atoms with E-state index in [-0.39, 0.29) is 0 Å². The Hall–Kier alpha value is -0.860. The molecule has 1 rings (SSSR count). The molecular weight excluding hydrogens is 186 g/mol. The number of hydrogen-bond donors (Lipinski definition) is 1. The Bertz CT molecular complexity index is 268. The van der Waals surface area contributed by atoms with E-state index in [4.69, 9.17) is 4.74 Å². The van der Waals surface area contributed by atoms with Gasteiger partial charge in [-0.25, -0.2) is 0 Å². The SMILES string of the molecule is COCCC(C)NCc1ccc(C)cc1. The summed E-state index contributed by atoms with van der Waals surface area (Å²) in [5.41, 5.74) is 2.65. The molecule has 0 aliphatic carbocycles. The van der Waals surface area contributed by atoms with E-state index in [1.807, 2.05) is 0 Å². The minimum Gasteiger partial charge on any atom is -0.385 e. The van der Waals surface area contributed by atoms with Gasteiger partial charge in [0, 0.05) is 26.3 Å². The molecule has 0 saturated carbocycles. The third-order valence-corrected chi connectivity index (χ3v) is 2.53. The Balaban J connectivity index is 2.27. The van der Waals surface area contributed by atoms with E-state index < -0.39 is 0 Å². The van der Waals surface area contributed by atoms with Crippen LogP contribution >= 0.6 is 0 Å². The highest BCUT2D eigenvalue weighted by molar-refractivity contribution is 5.21. The van der Waals surface area contributed by atoms with Crippen LogP contribution in [0.3, 0.4) is 0 Å². The van der Waals surface area contributed by atoms with Gasteiger partial charge in [-0.3, -0.25) is 0 Å². The summed E-state index contributed by atoms with van der Waals surface area (Å²) < 4.78 is 5.04.